The molecule has 0 saturated carbocycles. The van der Waals surface area contributed by atoms with Crippen LogP contribution < -0.4 is 11.2 Å². The number of halogens is 2. The van der Waals surface area contributed by atoms with Crippen LogP contribution in [0.25, 0.3) is 0 Å². The highest BCUT2D eigenvalue weighted by Gasteiger charge is 2.29. The Labute approximate surface area is 92.8 Å². The summed E-state index contributed by atoms with van der Waals surface area (Å²) in [6, 6.07) is 0. The topological polar surface area (TPSA) is 84.3 Å². The van der Waals surface area contributed by atoms with Gasteiger partial charge in [0.15, 0.2) is 6.23 Å². The van der Waals surface area contributed by atoms with Gasteiger partial charge in [-0.1, -0.05) is 0 Å². The number of aliphatic hydroxyl groups is 1. The molecule has 0 saturated heterocycles. The zero-order chi connectivity index (χ0) is 12.6. The molecular weight excluding hydrogens is 238 g/mol. The molecule has 0 fully saturated rings. The van der Waals surface area contributed by atoms with Gasteiger partial charge in [-0.05, 0) is 6.08 Å². The largest absolute Gasteiger partial charge is 0.393 e. The number of H-pyrrole nitrogens is 1. The number of ether oxygens (including phenoxy) is 1. The van der Waals surface area contributed by atoms with Crippen LogP contribution in [0.1, 0.15) is 6.23 Å². The van der Waals surface area contributed by atoms with Crippen molar-refractivity contribution in [2.45, 2.75) is 12.3 Å². The highest BCUT2D eigenvalue weighted by atomic mass is 19.1. The van der Waals surface area contributed by atoms with Gasteiger partial charge in [-0.3, -0.25) is 14.3 Å². The maximum atomic E-state index is 13.1. The monoisotopic (exact) mass is 246 g/mol. The van der Waals surface area contributed by atoms with Crippen LogP contribution in [0, 0.1) is 5.82 Å². The molecule has 0 spiro atoms. The molecule has 0 radical (unpaired) electrons. The lowest BCUT2D eigenvalue weighted by Crippen LogP contribution is -2.34. The molecule has 1 aromatic heterocycles. The fourth-order valence-corrected chi connectivity index (χ4v) is 1.44. The number of aromatic nitrogens is 2. The zero-order valence-corrected chi connectivity index (χ0v) is 8.39. The van der Waals surface area contributed by atoms with Crippen molar-refractivity contribution in [1.29, 1.82) is 0 Å². The summed E-state index contributed by atoms with van der Waals surface area (Å²) < 4.78 is 31.7. The zero-order valence-electron chi connectivity index (χ0n) is 8.39. The van der Waals surface area contributed by atoms with Crippen LogP contribution in [-0.4, -0.2) is 27.4 Å². The summed E-state index contributed by atoms with van der Waals surface area (Å²) in [6.07, 6.45) is -0.831. The van der Waals surface area contributed by atoms with Crippen molar-refractivity contribution in [3.8, 4) is 0 Å². The molecule has 2 heterocycles. The first-order valence-electron chi connectivity index (χ1n) is 4.67. The lowest BCUT2D eigenvalue weighted by Gasteiger charge is -2.14. The van der Waals surface area contributed by atoms with E-state index in [4.69, 9.17) is 9.84 Å². The number of rotatable bonds is 2. The molecule has 92 valence electrons. The van der Waals surface area contributed by atoms with Crippen molar-refractivity contribution in [2.75, 3.05) is 6.61 Å². The van der Waals surface area contributed by atoms with E-state index >= 15 is 0 Å². The minimum Gasteiger partial charge on any atom is -0.393 e. The van der Waals surface area contributed by atoms with Crippen LogP contribution in [-0.2, 0) is 4.74 Å². The van der Waals surface area contributed by atoms with E-state index in [0.717, 1.165) is 6.08 Å². The molecule has 0 unspecified atom stereocenters. The molecule has 0 amide bonds. The first-order valence-corrected chi connectivity index (χ1v) is 4.67. The third-order valence-corrected chi connectivity index (χ3v) is 2.28. The molecule has 2 rings (SSSR count). The fourth-order valence-electron chi connectivity index (χ4n) is 1.44. The highest BCUT2D eigenvalue weighted by Crippen LogP contribution is 2.26. The molecule has 2 N–H and O–H groups in total. The Morgan fingerprint density at radius 2 is 2.18 bits per heavy atom. The first kappa shape index (κ1) is 11.7. The molecule has 1 aliphatic heterocycles. The summed E-state index contributed by atoms with van der Waals surface area (Å²) in [5, 5.41) is 8.74. The molecule has 0 bridgehead atoms. The molecular formula is C9H8F2N2O4. The second-order valence-corrected chi connectivity index (χ2v) is 3.39. The van der Waals surface area contributed by atoms with E-state index < -0.39 is 41.8 Å². The maximum Gasteiger partial charge on any atom is 0.330 e. The number of nitrogens with zero attached hydrogens (tertiary/aromatic N) is 1. The summed E-state index contributed by atoms with van der Waals surface area (Å²) in [4.78, 5) is 23.8. The quantitative estimate of drug-likeness (QED) is 0.731. The van der Waals surface area contributed by atoms with E-state index in [2.05, 4.69) is 0 Å². The van der Waals surface area contributed by atoms with Crippen LogP contribution in [0.2, 0.25) is 0 Å². The van der Waals surface area contributed by atoms with Crippen LogP contribution >= 0.6 is 0 Å². The van der Waals surface area contributed by atoms with Gasteiger partial charge >= 0.3 is 5.69 Å². The van der Waals surface area contributed by atoms with Gasteiger partial charge in [-0.2, -0.15) is 4.39 Å². The van der Waals surface area contributed by atoms with Crippen molar-refractivity contribution in [3.63, 3.8) is 0 Å². The van der Waals surface area contributed by atoms with Gasteiger partial charge in [0.05, 0.1) is 12.8 Å². The Morgan fingerprint density at radius 3 is 2.76 bits per heavy atom. The van der Waals surface area contributed by atoms with E-state index in [-0.39, 0.29) is 0 Å². The maximum absolute atomic E-state index is 13.1. The van der Waals surface area contributed by atoms with Gasteiger partial charge in [-0.25, -0.2) is 9.18 Å². The van der Waals surface area contributed by atoms with Crippen LogP contribution in [0.4, 0.5) is 8.78 Å². The number of hydrogen-bond donors (Lipinski definition) is 2. The number of aromatic amines is 1. The van der Waals surface area contributed by atoms with Gasteiger partial charge in [0.25, 0.3) is 5.56 Å². The molecule has 2 atom stereocenters. The fraction of sp³-hybridized carbons (Fsp3) is 0.333. The highest BCUT2D eigenvalue weighted by molar-refractivity contribution is 5.08. The smallest absolute Gasteiger partial charge is 0.330 e. The van der Waals surface area contributed by atoms with Crippen molar-refractivity contribution < 1.29 is 18.6 Å². The standard InChI is InChI=1S/C9H8F2N2O4/c10-4-1-7(17-6(4)3-14)13-2-5(11)8(15)12-9(13)16/h1-2,6-7,14H,3H2,(H,12,15,16)/t6-,7-/m1/s1. The summed E-state index contributed by atoms with van der Waals surface area (Å²) in [7, 11) is 0. The molecule has 8 heteroatoms. The summed E-state index contributed by atoms with van der Waals surface area (Å²) in [5.74, 6) is -1.94. The van der Waals surface area contributed by atoms with Crippen LogP contribution in [0.3, 0.4) is 0 Å². The van der Waals surface area contributed by atoms with Crippen molar-refractivity contribution in [1.82, 2.24) is 9.55 Å². The van der Waals surface area contributed by atoms with Crippen molar-refractivity contribution in [2.24, 2.45) is 0 Å². The minimum absolute atomic E-state index is 0.598. The van der Waals surface area contributed by atoms with Gasteiger partial charge in [0.1, 0.15) is 11.9 Å². The number of aliphatic hydroxyl groups excluding tert-OH is 1. The van der Waals surface area contributed by atoms with E-state index in [1.807, 2.05) is 0 Å². The lowest BCUT2D eigenvalue weighted by molar-refractivity contribution is -0.0203. The van der Waals surface area contributed by atoms with Crippen molar-refractivity contribution in [3.05, 3.63) is 44.8 Å². The van der Waals surface area contributed by atoms with E-state index in [9.17, 15) is 18.4 Å². The van der Waals surface area contributed by atoms with Crippen LogP contribution in [0.5, 0.6) is 0 Å². The predicted molar refractivity (Wildman–Crippen MR) is 51.5 cm³/mol. The number of hydrogen-bond acceptors (Lipinski definition) is 4. The summed E-state index contributed by atoms with van der Waals surface area (Å²) in [6.45, 7) is -0.598. The molecule has 6 nitrogen and oxygen atoms in total. The molecule has 17 heavy (non-hydrogen) atoms. The van der Waals surface area contributed by atoms with Crippen molar-refractivity contribution >= 4 is 0 Å². The van der Waals surface area contributed by atoms with Crippen LogP contribution in [0.15, 0.2) is 27.7 Å². The van der Waals surface area contributed by atoms with Gasteiger partial charge < -0.3 is 9.84 Å². The molecule has 0 aliphatic carbocycles. The average Bonchev–Trinajstić information content (AvgIpc) is 2.65. The summed E-state index contributed by atoms with van der Waals surface area (Å²) in [5.41, 5.74) is -2.09. The minimum atomic E-state index is -1.19. The Kier molecular flexibility index (Phi) is 2.90. The van der Waals surface area contributed by atoms with Gasteiger partial charge in [-0.15, -0.1) is 0 Å². The SMILES string of the molecule is O=c1[nH]c(=O)n([C@H]2C=C(F)[C@@H](CO)O2)cc1F. The summed E-state index contributed by atoms with van der Waals surface area (Å²) >= 11 is 0. The Bertz CT molecular complexity index is 577. The Balaban J connectivity index is 2.41. The third-order valence-electron chi connectivity index (χ3n) is 2.28. The lowest BCUT2D eigenvalue weighted by atomic mass is 10.3. The molecule has 0 aromatic carbocycles. The second kappa shape index (κ2) is 4.22. The second-order valence-electron chi connectivity index (χ2n) is 3.39. The van der Waals surface area contributed by atoms with E-state index in [1.165, 1.54) is 0 Å². The van der Waals surface area contributed by atoms with Gasteiger partial charge in [0.2, 0.25) is 5.82 Å². The Hall–Kier alpha value is -1.80. The van der Waals surface area contributed by atoms with Gasteiger partial charge in [0, 0.05) is 0 Å². The van der Waals surface area contributed by atoms with E-state index in [1.54, 1.807) is 4.98 Å². The Morgan fingerprint density at radius 1 is 1.47 bits per heavy atom. The third kappa shape index (κ3) is 2.04. The van der Waals surface area contributed by atoms with E-state index in [0.29, 0.717) is 10.8 Å². The normalized spacial score (nSPS) is 23.8. The predicted octanol–water partition coefficient (Wildman–Crippen LogP) is -0.581. The first-order chi connectivity index (χ1) is 8.02. The average molecular weight is 246 g/mol. The molecule has 1 aliphatic rings. The number of nitrogens with one attached hydrogen (secondary N) is 1. The molecule has 1 aromatic rings.